The molecule has 0 atom stereocenters. The van der Waals surface area contributed by atoms with Crippen molar-refractivity contribution in [2.75, 3.05) is 12.4 Å². The second-order valence-corrected chi connectivity index (χ2v) is 7.40. The third-order valence-corrected chi connectivity index (χ3v) is 4.24. The first-order chi connectivity index (χ1) is 13.4. The van der Waals surface area contributed by atoms with Gasteiger partial charge in [-0.2, -0.15) is 0 Å². The molecule has 0 fully saturated rings. The molecule has 3 aromatic rings. The zero-order valence-corrected chi connectivity index (χ0v) is 16.5. The molecule has 0 saturated heterocycles. The number of carbonyl (C=O) groups is 1. The molecule has 0 saturated carbocycles. The van der Waals surface area contributed by atoms with Crippen molar-refractivity contribution in [3.05, 3.63) is 78.0 Å². The monoisotopic (exact) mass is 376 g/mol. The van der Waals surface area contributed by atoms with E-state index in [1.807, 2.05) is 36.4 Å². The Labute approximate surface area is 165 Å². The lowest BCUT2D eigenvalue weighted by Crippen LogP contribution is -2.12. The van der Waals surface area contributed by atoms with Gasteiger partial charge < -0.3 is 14.8 Å². The Bertz CT molecular complexity index is 977. The quantitative estimate of drug-likeness (QED) is 0.579. The van der Waals surface area contributed by atoms with Crippen molar-refractivity contribution in [2.45, 2.75) is 26.2 Å². The molecule has 0 aliphatic rings. The molecule has 28 heavy (non-hydrogen) atoms. The summed E-state index contributed by atoms with van der Waals surface area (Å²) in [5, 5.41) is 3.28. The number of hydrogen-bond donors (Lipinski definition) is 1. The molecule has 144 valence electrons. The smallest absolute Gasteiger partial charge is 0.337 e. The van der Waals surface area contributed by atoms with Crippen LogP contribution in [0.3, 0.4) is 0 Å². The molecule has 0 amide bonds. The lowest BCUT2D eigenvalue weighted by molar-refractivity contribution is 0.0601. The first-order valence-corrected chi connectivity index (χ1v) is 9.06. The molecule has 0 unspecified atom stereocenters. The zero-order chi connectivity index (χ0) is 20.1. The summed E-state index contributed by atoms with van der Waals surface area (Å²) in [7, 11) is 1.36. The molecule has 2 aromatic carbocycles. The van der Waals surface area contributed by atoms with Gasteiger partial charge in [-0.3, -0.25) is 0 Å². The summed E-state index contributed by atoms with van der Waals surface area (Å²) in [4.78, 5) is 16.2. The predicted octanol–water partition coefficient (Wildman–Crippen LogP) is 5.70. The number of benzene rings is 2. The number of methoxy groups -OCH3 is 1. The Morgan fingerprint density at radius 2 is 1.79 bits per heavy atom. The second kappa shape index (κ2) is 8.13. The average molecular weight is 376 g/mol. The summed E-state index contributed by atoms with van der Waals surface area (Å²) in [5.41, 5.74) is 2.95. The third-order valence-electron chi connectivity index (χ3n) is 4.24. The minimum atomic E-state index is -0.384. The fourth-order valence-corrected chi connectivity index (χ4v) is 2.84. The summed E-state index contributed by atoms with van der Waals surface area (Å²) >= 11 is 0. The van der Waals surface area contributed by atoms with Gasteiger partial charge in [0.1, 0.15) is 11.4 Å². The molecule has 5 heteroatoms. The Balaban J connectivity index is 1.91. The van der Waals surface area contributed by atoms with E-state index in [1.54, 1.807) is 24.4 Å². The van der Waals surface area contributed by atoms with Crippen LogP contribution in [0.1, 0.15) is 36.7 Å². The molecule has 1 aromatic heterocycles. The largest absolute Gasteiger partial charge is 0.465 e. The molecular weight excluding hydrogens is 352 g/mol. The fraction of sp³-hybridized carbons (Fsp3) is 0.217. The van der Waals surface area contributed by atoms with E-state index in [0.29, 0.717) is 17.1 Å². The highest BCUT2D eigenvalue weighted by Crippen LogP contribution is 2.36. The van der Waals surface area contributed by atoms with E-state index in [4.69, 9.17) is 9.47 Å². The van der Waals surface area contributed by atoms with Crippen molar-refractivity contribution < 1.29 is 14.3 Å². The van der Waals surface area contributed by atoms with Crippen LogP contribution in [0.15, 0.2) is 66.9 Å². The number of rotatable bonds is 5. The number of nitrogens with zero attached hydrogens (tertiary/aromatic N) is 1. The first-order valence-electron chi connectivity index (χ1n) is 9.06. The SMILES string of the molecule is COC(=O)c1cccc(Nc2cccnc2Oc2ccccc2C(C)(C)C)c1. The summed E-state index contributed by atoms with van der Waals surface area (Å²) < 4.78 is 11.0. The first kappa shape index (κ1) is 19.4. The third kappa shape index (κ3) is 4.49. The Kier molecular flexibility index (Phi) is 5.64. The average Bonchev–Trinajstić information content (AvgIpc) is 2.69. The van der Waals surface area contributed by atoms with Crippen molar-refractivity contribution in [1.82, 2.24) is 4.98 Å². The number of aromatic nitrogens is 1. The van der Waals surface area contributed by atoms with E-state index in [-0.39, 0.29) is 11.4 Å². The molecule has 0 spiro atoms. The summed E-state index contributed by atoms with van der Waals surface area (Å²) in [6.07, 6.45) is 1.69. The molecule has 0 aliphatic heterocycles. The van der Waals surface area contributed by atoms with Crippen LogP contribution in [0.4, 0.5) is 11.4 Å². The molecule has 0 radical (unpaired) electrons. The van der Waals surface area contributed by atoms with E-state index in [2.05, 4.69) is 37.1 Å². The van der Waals surface area contributed by atoms with Crippen LogP contribution in [0.2, 0.25) is 0 Å². The van der Waals surface area contributed by atoms with Gasteiger partial charge in [0.2, 0.25) is 5.88 Å². The number of hydrogen-bond acceptors (Lipinski definition) is 5. The van der Waals surface area contributed by atoms with E-state index < -0.39 is 0 Å². The number of esters is 1. The zero-order valence-electron chi connectivity index (χ0n) is 16.5. The van der Waals surface area contributed by atoms with Gasteiger partial charge in [0.25, 0.3) is 0 Å². The number of ether oxygens (including phenoxy) is 2. The van der Waals surface area contributed by atoms with E-state index in [1.165, 1.54) is 7.11 Å². The van der Waals surface area contributed by atoms with Gasteiger partial charge in [-0.05, 0) is 41.8 Å². The lowest BCUT2D eigenvalue weighted by Gasteiger charge is -2.22. The molecular formula is C23H24N2O3. The maximum absolute atomic E-state index is 11.8. The van der Waals surface area contributed by atoms with E-state index in [9.17, 15) is 4.79 Å². The molecule has 0 aliphatic carbocycles. The molecule has 5 nitrogen and oxygen atoms in total. The maximum atomic E-state index is 11.8. The van der Waals surface area contributed by atoms with Crippen molar-refractivity contribution in [3.8, 4) is 11.6 Å². The predicted molar refractivity (Wildman–Crippen MR) is 111 cm³/mol. The van der Waals surface area contributed by atoms with Crippen molar-refractivity contribution in [3.63, 3.8) is 0 Å². The van der Waals surface area contributed by atoms with Crippen LogP contribution < -0.4 is 10.1 Å². The number of anilines is 2. The number of carbonyl (C=O) groups excluding carboxylic acids is 1. The summed E-state index contributed by atoms with van der Waals surface area (Å²) in [6.45, 7) is 6.43. The van der Waals surface area contributed by atoms with Crippen molar-refractivity contribution in [1.29, 1.82) is 0 Å². The second-order valence-electron chi connectivity index (χ2n) is 7.40. The highest BCUT2D eigenvalue weighted by molar-refractivity contribution is 5.90. The Hall–Kier alpha value is -3.34. The number of nitrogens with one attached hydrogen (secondary N) is 1. The Morgan fingerprint density at radius 3 is 2.54 bits per heavy atom. The highest BCUT2D eigenvalue weighted by Gasteiger charge is 2.20. The van der Waals surface area contributed by atoms with Crippen LogP contribution in [-0.2, 0) is 10.2 Å². The Morgan fingerprint density at radius 1 is 1.00 bits per heavy atom. The highest BCUT2D eigenvalue weighted by atomic mass is 16.5. The van der Waals surface area contributed by atoms with E-state index in [0.717, 1.165) is 17.0 Å². The van der Waals surface area contributed by atoms with Crippen LogP contribution >= 0.6 is 0 Å². The molecule has 1 N–H and O–H groups in total. The normalized spacial score (nSPS) is 11.0. The standard InChI is InChI=1S/C23H24N2O3/c1-23(2,3)18-11-5-6-13-20(18)28-21-19(12-8-14-24-21)25-17-10-7-9-16(15-17)22(26)27-4/h5-15,25H,1-4H3. The van der Waals surface area contributed by atoms with Crippen molar-refractivity contribution in [2.24, 2.45) is 0 Å². The minimum absolute atomic E-state index is 0.0617. The summed E-state index contributed by atoms with van der Waals surface area (Å²) in [6, 6.07) is 18.8. The van der Waals surface area contributed by atoms with Crippen molar-refractivity contribution >= 4 is 17.3 Å². The topological polar surface area (TPSA) is 60.5 Å². The molecule has 0 bridgehead atoms. The fourth-order valence-electron chi connectivity index (χ4n) is 2.84. The van der Waals surface area contributed by atoms with E-state index >= 15 is 0 Å². The lowest BCUT2D eigenvalue weighted by atomic mass is 9.86. The van der Waals surface area contributed by atoms with Gasteiger partial charge in [-0.15, -0.1) is 0 Å². The van der Waals surface area contributed by atoms with Crippen LogP contribution in [0, 0.1) is 0 Å². The van der Waals surface area contributed by atoms with Gasteiger partial charge in [0.05, 0.1) is 12.7 Å². The molecule has 3 rings (SSSR count). The van der Waals surface area contributed by atoms with Gasteiger partial charge in [-0.25, -0.2) is 9.78 Å². The van der Waals surface area contributed by atoms with Gasteiger partial charge in [0.15, 0.2) is 0 Å². The van der Waals surface area contributed by atoms with Gasteiger partial charge in [0, 0.05) is 17.4 Å². The van der Waals surface area contributed by atoms with Gasteiger partial charge >= 0.3 is 5.97 Å². The maximum Gasteiger partial charge on any atom is 0.337 e. The number of para-hydroxylation sites is 1. The van der Waals surface area contributed by atoms with Gasteiger partial charge in [-0.1, -0.05) is 45.0 Å². The van der Waals surface area contributed by atoms with Crippen LogP contribution in [0.25, 0.3) is 0 Å². The van der Waals surface area contributed by atoms with Crippen LogP contribution in [-0.4, -0.2) is 18.1 Å². The number of pyridine rings is 1. The summed E-state index contributed by atoms with van der Waals surface area (Å²) in [5.74, 6) is 0.841. The minimum Gasteiger partial charge on any atom is -0.465 e. The molecule has 1 heterocycles. The van der Waals surface area contributed by atoms with Crippen LogP contribution in [0.5, 0.6) is 11.6 Å².